The van der Waals surface area contributed by atoms with E-state index < -0.39 is 17.8 Å². The van der Waals surface area contributed by atoms with Gasteiger partial charge < -0.3 is 15.5 Å². The Kier molecular flexibility index (Phi) is 3.54. The number of carbonyl (C=O) groups is 2. The maximum Gasteiger partial charge on any atom is 0.307 e. The number of carboxylic acids is 1. The molecule has 3 aliphatic carbocycles. The number of hydrogen-bond donors (Lipinski definition) is 3. The Hall–Kier alpha value is -1.36. The van der Waals surface area contributed by atoms with Gasteiger partial charge in [-0.15, -0.1) is 0 Å². The second kappa shape index (κ2) is 5.20. The number of allylic oxidation sites excluding steroid dienone is 2. The molecule has 3 N–H and O–H groups in total. The smallest absolute Gasteiger partial charge is 0.307 e. The standard InChI is InChI=1S/C15H21NO4/c17-11-3-1-2-10(11)7-16-14(18)12-8-4-5-9(6-8)13(12)15(19)20/h4-5,8-13,17H,1-3,6-7H2,(H,16,18)(H,19,20). The van der Waals surface area contributed by atoms with Gasteiger partial charge in [-0.25, -0.2) is 0 Å². The Morgan fingerprint density at radius 1 is 1.15 bits per heavy atom. The van der Waals surface area contributed by atoms with Crippen LogP contribution >= 0.6 is 0 Å². The lowest BCUT2D eigenvalue weighted by atomic mass is 9.82. The molecule has 0 saturated heterocycles. The molecule has 0 aromatic rings. The van der Waals surface area contributed by atoms with E-state index in [-0.39, 0.29) is 29.8 Å². The summed E-state index contributed by atoms with van der Waals surface area (Å²) in [5.74, 6) is -1.87. The molecule has 0 spiro atoms. The van der Waals surface area contributed by atoms with Crippen LogP contribution in [-0.4, -0.2) is 34.7 Å². The molecule has 110 valence electrons. The molecule has 0 aromatic carbocycles. The molecule has 2 fully saturated rings. The molecular formula is C15H21NO4. The topological polar surface area (TPSA) is 86.6 Å². The number of carboxylic acid groups (broad SMARTS) is 1. The van der Waals surface area contributed by atoms with Gasteiger partial charge in [-0.05, 0) is 31.1 Å². The molecule has 3 aliphatic rings. The molecule has 0 heterocycles. The zero-order valence-corrected chi connectivity index (χ0v) is 11.4. The van der Waals surface area contributed by atoms with Gasteiger partial charge >= 0.3 is 5.97 Å². The summed E-state index contributed by atoms with van der Waals surface area (Å²) < 4.78 is 0. The van der Waals surface area contributed by atoms with Crippen LogP contribution in [0.15, 0.2) is 12.2 Å². The Bertz CT molecular complexity index is 447. The average Bonchev–Trinajstić information content (AvgIpc) is 3.10. The van der Waals surface area contributed by atoms with Crippen molar-refractivity contribution in [3.63, 3.8) is 0 Å². The summed E-state index contributed by atoms with van der Waals surface area (Å²) in [5.41, 5.74) is 0. The van der Waals surface area contributed by atoms with E-state index in [2.05, 4.69) is 5.32 Å². The second-order valence-corrected chi connectivity index (χ2v) is 6.34. The summed E-state index contributed by atoms with van der Waals surface area (Å²) >= 11 is 0. The predicted octanol–water partition coefficient (Wildman–Crippen LogP) is 0.786. The van der Waals surface area contributed by atoms with Crippen LogP contribution in [0.3, 0.4) is 0 Å². The Labute approximate surface area is 118 Å². The molecule has 6 atom stereocenters. The quantitative estimate of drug-likeness (QED) is 0.664. The Morgan fingerprint density at radius 3 is 2.45 bits per heavy atom. The number of fused-ring (bicyclic) bond motifs is 2. The minimum Gasteiger partial charge on any atom is -0.481 e. The number of aliphatic hydroxyl groups is 1. The minimum atomic E-state index is -0.872. The number of aliphatic hydroxyl groups excluding tert-OH is 1. The summed E-state index contributed by atoms with van der Waals surface area (Å²) in [5, 5.41) is 21.9. The number of rotatable bonds is 4. The largest absolute Gasteiger partial charge is 0.481 e. The van der Waals surface area contributed by atoms with Gasteiger partial charge in [0.05, 0.1) is 17.9 Å². The molecular weight excluding hydrogens is 258 g/mol. The highest BCUT2D eigenvalue weighted by Gasteiger charge is 2.51. The molecule has 20 heavy (non-hydrogen) atoms. The summed E-state index contributed by atoms with van der Waals surface area (Å²) in [7, 11) is 0. The first-order valence-corrected chi connectivity index (χ1v) is 7.45. The molecule has 2 bridgehead atoms. The molecule has 5 nitrogen and oxygen atoms in total. The third-order valence-corrected chi connectivity index (χ3v) is 5.20. The number of amides is 1. The molecule has 6 unspecified atom stereocenters. The first-order chi connectivity index (χ1) is 9.58. The van der Waals surface area contributed by atoms with Crippen LogP contribution < -0.4 is 5.32 Å². The van der Waals surface area contributed by atoms with Gasteiger partial charge in [0.1, 0.15) is 0 Å². The minimum absolute atomic E-state index is 0.00493. The van der Waals surface area contributed by atoms with E-state index in [0.29, 0.717) is 6.54 Å². The third kappa shape index (κ3) is 2.24. The van der Waals surface area contributed by atoms with Crippen LogP contribution in [-0.2, 0) is 9.59 Å². The number of hydrogen-bond acceptors (Lipinski definition) is 3. The van der Waals surface area contributed by atoms with Crippen molar-refractivity contribution >= 4 is 11.9 Å². The highest BCUT2D eigenvalue weighted by molar-refractivity contribution is 5.86. The predicted molar refractivity (Wildman–Crippen MR) is 71.7 cm³/mol. The third-order valence-electron chi connectivity index (χ3n) is 5.20. The van der Waals surface area contributed by atoms with Crippen molar-refractivity contribution in [1.29, 1.82) is 0 Å². The lowest BCUT2D eigenvalue weighted by molar-refractivity contribution is -0.147. The van der Waals surface area contributed by atoms with Gasteiger partial charge in [-0.1, -0.05) is 18.6 Å². The highest BCUT2D eigenvalue weighted by atomic mass is 16.4. The van der Waals surface area contributed by atoms with Gasteiger partial charge in [0.15, 0.2) is 0 Å². The summed E-state index contributed by atoms with van der Waals surface area (Å²) in [4.78, 5) is 23.7. The fourth-order valence-corrected chi connectivity index (χ4v) is 4.12. The van der Waals surface area contributed by atoms with E-state index in [1.165, 1.54) is 0 Å². The van der Waals surface area contributed by atoms with Crippen LogP contribution in [0.25, 0.3) is 0 Å². The molecule has 3 rings (SSSR count). The van der Waals surface area contributed by atoms with Crippen LogP contribution in [0.5, 0.6) is 0 Å². The van der Waals surface area contributed by atoms with Gasteiger partial charge in [0.25, 0.3) is 0 Å². The number of nitrogens with one attached hydrogen (secondary N) is 1. The maximum atomic E-state index is 12.3. The van der Waals surface area contributed by atoms with E-state index >= 15 is 0 Å². The van der Waals surface area contributed by atoms with Crippen molar-refractivity contribution in [2.75, 3.05) is 6.54 Å². The van der Waals surface area contributed by atoms with Crippen LogP contribution in [0.1, 0.15) is 25.7 Å². The lowest BCUT2D eigenvalue weighted by Crippen LogP contribution is -2.42. The van der Waals surface area contributed by atoms with Crippen LogP contribution in [0, 0.1) is 29.6 Å². The first-order valence-electron chi connectivity index (χ1n) is 7.45. The monoisotopic (exact) mass is 279 g/mol. The van der Waals surface area contributed by atoms with Crippen LogP contribution in [0.2, 0.25) is 0 Å². The SMILES string of the molecule is O=C(O)C1C2C=CC(C2)C1C(=O)NCC1CCCC1O. The van der Waals surface area contributed by atoms with E-state index in [4.69, 9.17) is 0 Å². The highest BCUT2D eigenvalue weighted by Crippen LogP contribution is 2.48. The molecule has 0 aromatic heterocycles. The lowest BCUT2D eigenvalue weighted by Gasteiger charge is -2.25. The van der Waals surface area contributed by atoms with Crippen molar-refractivity contribution in [3.05, 3.63) is 12.2 Å². The first kappa shape index (κ1) is 13.6. The molecule has 5 heteroatoms. The number of aliphatic carboxylic acids is 1. The van der Waals surface area contributed by atoms with Crippen LogP contribution in [0.4, 0.5) is 0 Å². The van der Waals surface area contributed by atoms with Gasteiger partial charge in [-0.2, -0.15) is 0 Å². The van der Waals surface area contributed by atoms with Crippen molar-refractivity contribution < 1.29 is 19.8 Å². The zero-order chi connectivity index (χ0) is 14.3. The van der Waals surface area contributed by atoms with E-state index in [1.807, 2.05) is 12.2 Å². The van der Waals surface area contributed by atoms with Gasteiger partial charge in [0, 0.05) is 12.5 Å². The summed E-state index contributed by atoms with van der Waals surface area (Å²) in [6, 6.07) is 0. The van der Waals surface area contributed by atoms with E-state index in [1.54, 1.807) is 0 Å². The molecule has 1 amide bonds. The summed E-state index contributed by atoms with van der Waals surface area (Å²) in [6.07, 6.45) is 7.10. The van der Waals surface area contributed by atoms with Gasteiger partial charge in [0.2, 0.25) is 5.91 Å². The fourth-order valence-electron chi connectivity index (χ4n) is 4.12. The van der Waals surface area contributed by atoms with Crippen molar-refractivity contribution in [2.45, 2.75) is 31.8 Å². The van der Waals surface area contributed by atoms with Gasteiger partial charge in [-0.3, -0.25) is 9.59 Å². The zero-order valence-electron chi connectivity index (χ0n) is 11.4. The normalized spacial score (nSPS) is 42.0. The van der Waals surface area contributed by atoms with E-state index in [9.17, 15) is 19.8 Å². The Balaban J connectivity index is 1.61. The molecule has 0 radical (unpaired) electrons. The second-order valence-electron chi connectivity index (χ2n) is 6.34. The van der Waals surface area contributed by atoms with Crippen molar-refractivity contribution in [3.8, 4) is 0 Å². The molecule has 0 aliphatic heterocycles. The fraction of sp³-hybridized carbons (Fsp3) is 0.733. The number of carbonyl (C=O) groups excluding carboxylic acids is 1. The van der Waals surface area contributed by atoms with E-state index in [0.717, 1.165) is 25.7 Å². The maximum absolute atomic E-state index is 12.3. The van der Waals surface area contributed by atoms with Crippen molar-refractivity contribution in [1.82, 2.24) is 5.32 Å². The Morgan fingerprint density at radius 2 is 1.85 bits per heavy atom. The average molecular weight is 279 g/mol. The molecule has 2 saturated carbocycles. The van der Waals surface area contributed by atoms with Crippen molar-refractivity contribution in [2.24, 2.45) is 29.6 Å². The summed E-state index contributed by atoms with van der Waals surface area (Å²) in [6.45, 7) is 0.462.